The van der Waals surface area contributed by atoms with Crippen LogP contribution in [0.3, 0.4) is 0 Å². The van der Waals surface area contributed by atoms with Crippen LogP contribution in [0.1, 0.15) is 30.4 Å². The number of rotatable bonds is 5. The molecule has 1 aromatic carbocycles. The number of ether oxygens (including phenoxy) is 1. The second-order valence-electron chi connectivity index (χ2n) is 6.33. The Morgan fingerprint density at radius 3 is 2.39 bits per heavy atom. The molecular weight excluding hydrogens is 336 g/mol. The van der Waals surface area contributed by atoms with Crippen LogP contribution in [-0.4, -0.2) is 45.0 Å². The third-order valence-electron chi connectivity index (χ3n) is 4.45. The molecule has 1 aromatic rings. The van der Waals surface area contributed by atoms with Crippen molar-refractivity contribution in [2.45, 2.75) is 50.1 Å². The minimum Gasteiger partial charge on any atom is -0.495 e. The maximum absolute atomic E-state index is 13.3. The lowest BCUT2D eigenvalue weighted by Crippen LogP contribution is -2.43. The van der Waals surface area contributed by atoms with E-state index in [0.717, 1.165) is 43.5 Å². The molecule has 0 radical (unpaired) electrons. The number of nitrogens with zero attached hydrogens (tertiary/aromatic N) is 1. The van der Waals surface area contributed by atoms with Gasteiger partial charge in [-0.15, -0.1) is 12.4 Å². The van der Waals surface area contributed by atoms with Crippen molar-refractivity contribution in [3.8, 4) is 5.75 Å². The van der Waals surface area contributed by atoms with Crippen molar-refractivity contribution < 1.29 is 13.2 Å². The van der Waals surface area contributed by atoms with Gasteiger partial charge in [0.25, 0.3) is 0 Å². The van der Waals surface area contributed by atoms with Gasteiger partial charge in [0.2, 0.25) is 10.0 Å². The fourth-order valence-corrected chi connectivity index (χ4v) is 5.57. The first-order valence-corrected chi connectivity index (χ1v) is 9.28. The molecule has 130 valence electrons. The van der Waals surface area contributed by atoms with Crippen LogP contribution in [0.4, 0.5) is 0 Å². The Kier molecular flexibility index (Phi) is 5.61. The summed E-state index contributed by atoms with van der Waals surface area (Å²) in [6.45, 7) is 5.43. The minimum atomic E-state index is -3.54. The second-order valence-corrected chi connectivity index (χ2v) is 8.14. The molecule has 1 saturated heterocycles. The van der Waals surface area contributed by atoms with E-state index in [0.29, 0.717) is 10.6 Å². The van der Waals surface area contributed by atoms with Gasteiger partial charge in [-0.1, -0.05) is 6.07 Å². The fourth-order valence-electron chi connectivity index (χ4n) is 3.36. The second kappa shape index (κ2) is 6.97. The molecule has 0 spiro atoms. The number of halogens is 1. The summed E-state index contributed by atoms with van der Waals surface area (Å²) in [6.07, 6.45) is 2.80. The van der Waals surface area contributed by atoms with Gasteiger partial charge in [0.15, 0.2) is 0 Å². The third-order valence-corrected chi connectivity index (χ3v) is 6.46. The molecule has 1 aliphatic carbocycles. The van der Waals surface area contributed by atoms with Crippen molar-refractivity contribution in [3.63, 3.8) is 0 Å². The summed E-state index contributed by atoms with van der Waals surface area (Å²) in [5.74, 6) is 0.474. The molecule has 1 unspecified atom stereocenters. The molecule has 1 heterocycles. The quantitative estimate of drug-likeness (QED) is 0.875. The van der Waals surface area contributed by atoms with Crippen LogP contribution < -0.4 is 10.1 Å². The van der Waals surface area contributed by atoms with E-state index in [1.54, 1.807) is 10.4 Å². The summed E-state index contributed by atoms with van der Waals surface area (Å²) in [7, 11) is -2.00. The Labute approximate surface area is 144 Å². The molecule has 5 nitrogen and oxygen atoms in total. The number of nitrogens with one attached hydrogen (secondary N) is 1. The van der Waals surface area contributed by atoms with Crippen molar-refractivity contribution in [2.75, 3.05) is 20.2 Å². The normalized spacial score (nSPS) is 21.3. The molecule has 23 heavy (non-hydrogen) atoms. The van der Waals surface area contributed by atoms with E-state index in [4.69, 9.17) is 4.74 Å². The van der Waals surface area contributed by atoms with Crippen LogP contribution >= 0.6 is 12.4 Å². The first-order chi connectivity index (χ1) is 10.4. The summed E-state index contributed by atoms with van der Waals surface area (Å²) >= 11 is 0. The average Bonchev–Trinajstić information content (AvgIpc) is 3.12. The minimum absolute atomic E-state index is 0. The van der Waals surface area contributed by atoms with Gasteiger partial charge in [-0.05, 0) is 56.8 Å². The smallest absolute Gasteiger partial charge is 0.247 e. The van der Waals surface area contributed by atoms with Gasteiger partial charge in [-0.25, -0.2) is 8.42 Å². The van der Waals surface area contributed by atoms with E-state index in [1.165, 1.54) is 7.11 Å². The van der Waals surface area contributed by atoms with Gasteiger partial charge in [0.1, 0.15) is 10.6 Å². The number of hydrogen-bond donors (Lipinski definition) is 1. The molecule has 1 saturated carbocycles. The van der Waals surface area contributed by atoms with E-state index >= 15 is 0 Å². The average molecular weight is 361 g/mol. The Hall–Kier alpha value is -0.820. The summed E-state index contributed by atoms with van der Waals surface area (Å²) in [4.78, 5) is 0.311. The van der Waals surface area contributed by atoms with Crippen molar-refractivity contribution in [2.24, 2.45) is 0 Å². The molecule has 1 aliphatic heterocycles. The monoisotopic (exact) mass is 360 g/mol. The lowest BCUT2D eigenvalue weighted by molar-refractivity contribution is 0.323. The molecule has 2 fully saturated rings. The van der Waals surface area contributed by atoms with Crippen LogP contribution in [-0.2, 0) is 10.0 Å². The van der Waals surface area contributed by atoms with Gasteiger partial charge in [0, 0.05) is 18.6 Å². The fraction of sp³-hybridized carbons (Fsp3) is 0.625. The first-order valence-electron chi connectivity index (χ1n) is 7.84. The Bertz CT molecular complexity index is 668. The highest BCUT2D eigenvalue weighted by Crippen LogP contribution is 2.39. The van der Waals surface area contributed by atoms with E-state index in [9.17, 15) is 8.42 Å². The largest absolute Gasteiger partial charge is 0.495 e. The van der Waals surface area contributed by atoms with Gasteiger partial charge in [-0.2, -0.15) is 4.31 Å². The summed E-state index contributed by atoms with van der Waals surface area (Å²) < 4.78 is 33.8. The van der Waals surface area contributed by atoms with Crippen molar-refractivity contribution in [1.29, 1.82) is 0 Å². The molecule has 3 rings (SSSR count). The molecule has 1 N–H and O–H groups in total. The molecule has 0 bridgehead atoms. The van der Waals surface area contributed by atoms with Gasteiger partial charge in [-0.3, -0.25) is 0 Å². The molecule has 1 atom stereocenters. The topological polar surface area (TPSA) is 58.6 Å². The third kappa shape index (κ3) is 3.50. The van der Waals surface area contributed by atoms with Crippen LogP contribution in [0.5, 0.6) is 5.75 Å². The summed E-state index contributed by atoms with van der Waals surface area (Å²) in [6, 6.07) is 3.90. The number of benzene rings is 1. The Morgan fingerprint density at radius 1 is 1.17 bits per heavy atom. The van der Waals surface area contributed by atoms with Crippen LogP contribution in [0.2, 0.25) is 0 Å². The highest BCUT2D eigenvalue weighted by atomic mass is 35.5. The maximum Gasteiger partial charge on any atom is 0.247 e. The Balaban J connectivity index is 0.00000192. The standard InChI is InChI=1S/C16H24N2O3S.ClH/c1-11-8-12(2)16(21-3)15(9-11)22(19,20)18(13-4-5-13)14-6-7-17-10-14;/h8-9,13-14,17H,4-7,10H2,1-3H3;1H. The number of sulfonamides is 1. The lowest BCUT2D eigenvalue weighted by atomic mass is 10.1. The van der Waals surface area contributed by atoms with E-state index < -0.39 is 10.0 Å². The molecular formula is C16H25ClN2O3S. The number of hydrogen-bond acceptors (Lipinski definition) is 4. The molecule has 0 aromatic heterocycles. The lowest BCUT2D eigenvalue weighted by Gasteiger charge is -2.28. The van der Waals surface area contributed by atoms with Crippen LogP contribution in [0.25, 0.3) is 0 Å². The molecule has 0 amide bonds. The van der Waals surface area contributed by atoms with Crippen molar-refractivity contribution >= 4 is 22.4 Å². The van der Waals surface area contributed by atoms with Gasteiger partial charge in [0.05, 0.1) is 7.11 Å². The van der Waals surface area contributed by atoms with E-state index in [-0.39, 0.29) is 24.5 Å². The van der Waals surface area contributed by atoms with E-state index in [1.807, 2.05) is 19.9 Å². The SMILES string of the molecule is COc1c(C)cc(C)cc1S(=O)(=O)N(C1CC1)C1CCNC1.Cl. The van der Waals surface area contributed by atoms with Gasteiger partial charge >= 0.3 is 0 Å². The van der Waals surface area contributed by atoms with Gasteiger partial charge < -0.3 is 10.1 Å². The Morgan fingerprint density at radius 2 is 1.87 bits per heavy atom. The van der Waals surface area contributed by atoms with Crippen molar-refractivity contribution in [1.82, 2.24) is 9.62 Å². The van der Waals surface area contributed by atoms with E-state index in [2.05, 4.69) is 5.32 Å². The summed E-state index contributed by atoms with van der Waals surface area (Å²) in [5.41, 5.74) is 1.80. The molecule has 7 heteroatoms. The highest BCUT2D eigenvalue weighted by Gasteiger charge is 2.44. The first kappa shape index (κ1) is 18.5. The highest BCUT2D eigenvalue weighted by molar-refractivity contribution is 7.89. The number of aryl methyl sites for hydroxylation is 2. The zero-order chi connectivity index (χ0) is 15.9. The van der Waals surface area contributed by atoms with Crippen LogP contribution in [0.15, 0.2) is 17.0 Å². The maximum atomic E-state index is 13.3. The zero-order valence-electron chi connectivity index (χ0n) is 13.8. The molecule has 2 aliphatic rings. The van der Waals surface area contributed by atoms with Crippen LogP contribution in [0, 0.1) is 13.8 Å². The zero-order valence-corrected chi connectivity index (χ0v) is 15.5. The predicted molar refractivity (Wildman–Crippen MR) is 93.0 cm³/mol. The number of methoxy groups -OCH3 is 1. The summed E-state index contributed by atoms with van der Waals surface area (Å²) in [5, 5.41) is 3.27. The predicted octanol–water partition coefficient (Wildman–Crippen LogP) is 2.25. The van der Waals surface area contributed by atoms with Crippen molar-refractivity contribution in [3.05, 3.63) is 23.3 Å².